The van der Waals surface area contributed by atoms with Crippen LogP contribution < -0.4 is 0 Å². The first-order valence-electron chi connectivity index (χ1n) is 6.93. The standard InChI is InChI=1S/C18H20O/c1-3-14(4-2)12-17(19)13-16-10-7-9-15-8-5-6-11-18(15)16/h5-12H,3-4,13H2,1-2H3. The van der Waals surface area contributed by atoms with Gasteiger partial charge in [-0.1, -0.05) is 61.9 Å². The Bertz CT molecular complexity index is 597. The molecule has 0 aliphatic heterocycles. The van der Waals surface area contributed by atoms with Gasteiger partial charge in [-0.3, -0.25) is 4.79 Å². The summed E-state index contributed by atoms with van der Waals surface area (Å²) < 4.78 is 0. The second-order valence-corrected chi connectivity index (χ2v) is 4.79. The lowest BCUT2D eigenvalue weighted by molar-refractivity contribution is -0.114. The van der Waals surface area contributed by atoms with E-state index in [1.165, 1.54) is 16.3 Å². The molecule has 0 aromatic heterocycles. The van der Waals surface area contributed by atoms with E-state index in [2.05, 4.69) is 32.0 Å². The number of hydrogen-bond donors (Lipinski definition) is 0. The Morgan fingerprint density at radius 3 is 2.42 bits per heavy atom. The van der Waals surface area contributed by atoms with Gasteiger partial charge in [-0.2, -0.15) is 0 Å². The van der Waals surface area contributed by atoms with Gasteiger partial charge in [-0.15, -0.1) is 0 Å². The number of ketones is 1. The van der Waals surface area contributed by atoms with Crippen molar-refractivity contribution in [2.24, 2.45) is 0 Å². The average molecular weight is 252 g/mol. The third kappa shape index (κ3) is 3.31. The molecule has 2 aromatic carbocycles. The Hall–Kier alpha value is -1.89. The van der Waals surface area contributed by atoms with Crippen molar-refractivity contribution in [3.05, 3.63) is 59.7 Å². The fraction of sp³-hybridized carbons (Fsp3) is 0.278. The summed E-state index contributed by atoms with van der Waals surface area (Å²) in [5.74, 6) is 0.204. The van der Waals surface area contributed by atoms with E-state index < -0.39 is 0 Å². The quantitative estimate of drug-likeness (QED) is 0.705. The van der Waals surface area contributed by atoms with Gasteiger partial charge in [0.15, 0.2) is 5.78 Å². The highest BCUT2D eigenvalue weighted by Crippen LogP contribution is 2.19. The zero-order valence-electron chi connectivity index (χ0n) is 11.6. The Labute approximate surface area is 115 Å². The molecule has 0 amide bonds. The highest BCUT2D eigenvalue weighted by atomic mass is 16.1. The number of carbonyl (C=O) groups is 1. The van der Waals surface area contributed by atoms with Crippen LogP contribution in [-0.2, 0) is 11.2 Å². The first kappa shape index (κ1) is 13.5. The summed E-state index contributed by atoms with van der Waals surface area (Å²) in [7, 11) is 0. The highest BCUT2D eigenvalue weighted by molar-refractivity contribution is 5.96. The molecular formula is C18H20O. The van der Waals surface area contributed by atoms with E-state index >= 15 is 0 Å². The van der Waals surface area contributed by atoms with Gasteiger partial charge >= 0.3 is 0 Å². The van der Waals surface area contributed by atoms with E-state index in [0.29, 0.717) is 6.42 Å². The molecule has 0 spiro atoms. The van der Waals surface area contributed by atoms with Crippen LogP contribution in [0.1, 0.15) is 32.3 Å². The van der Waals surface area contributed by atoms with Crippen molar-refractivity contribution in [3.8, 4) is 0 Å². The Kier molecular flexibility index (Phi) is 4.51. The van der Waals surface area contributed by atoms with Crippen LogP contribution in [0.4, 0.5) is 0 Å². The average Bonchev–Trinajstić information content (AvgIpc) is 2.45. The molecule has 0 saturated carbocycles. The van der Waals surface area contributed by atoms with Gasteiger partial charge in [0.2, 0.25) is 0 Å². The Morgan fingerprint density at radius 1 is 1.00 bits per heavy atom. The zero-order valence-corrected chi connectivity index (χ0v) is 11.6. The minimum absolute atomic E-state index is 0.204. The van der Waals surface area contributed by atoms with Gasteiger partial charge in [-0.05, 0) is 35.3 Å². The highest BCUT2D eigenvalue weighted by Gasteiger charge is 2.05. The molecule has 0 fully saturated rings. The number of fused-ring (bicyclic) bond motifs is 1. The third-order valence-corrected chi connectivity index (χ3v) is 3.52. The van der Waals surface area contributed by atoms with Crippen LogP contribution in [-0.4, -0.2) is 5.78 Å². The molecule has 98 valence electrons. The fourth-order valence-electron chi connectivity index (χ4n) is 2.37. The molecule has 0 atom stereocenters. The summed E-state index contributed by atoms with van der Waals surface area (Å²) in [4.78, 5) is 12.1. The van der Waals surface area contributed by atoms with Gasteiger partial charge in [-0.25, -0.2) is 0 Å². The summed E-state index contributed by atoms with van der Waals surface area (Å²) in [6.45, 7) is 4.20. The van der Waals surface area contributed by atoms with Crippen molar-refractivity contribution in [2.75, 3.05) is 0 Å². The minimum atomic E-state index is 0.204. The number of rotatable bonds is 5. The van der Waals surface area contributed by atoms with Crippen molar-refractivity contribution >= 4 is 16.6 Å². The van der Waals surface area contributed by atoms with Crippen LogP contribution in [0.3, 0.4) is 0 Å². The van der Waals surface area contributed by atoms with Gasteiger partial charge < -0.3 is 0 Å². The molecular weight excluding hydrogens is 232 g/mol. The van der Waals surface area contributed by atoms with Crippen molar-refractivity contribution in [1.82, 2.24) is 0 Å². The number of carbonyl (C=O) groups excluding carboxylic acids is 1. The SMILES string of the molecule is CCC(=CC(=O)Cc1cccc2ccccc12)CC. The van der Waals surface area contributed by atoms with E-state index in [1.54, 1.807) is 0 Å². The van der Waals surface area contributed by atoms with Crippen LogP contribution in [0, 0.1) is 0 Å². The van der Waals surface area contributed by atoms with Crippen molar-refractivity contribution < 1.29 is 4.79 Å². The maximum atomic E-state index is 12.1. The van der Waals surface area contributed by atoms with E-state index in [9.17, 15) is 4.79 Å². The van der Waals surface area contributed by atoms with Gasteiger partial charge in [0.25, 0.3) is 0 Å². The van der Waals surface area contributed by atoms with E-state index in [4.69, 9.17) is 0 Å². The normalized spacial score (nSPS) is 10.4. The monoisotopic (exact) mass is 252 g/mol. The van der Waals surface area contributed by atoms with E-state index in [-0.39, 0.29) is 5.78 Å². The largest absolute Gasteiger partial charge is 0.294 e. The summed E-state index contributed by atoms with van der Waals surface area (Å²) >= 11 is 0. The smallest absolute Gasteiger partial charge is 0.160 e. The fourth-order valence-corrected chi connectivity index (χ4v) is 2.37. The molecule has 19 heavy (non-hydrogen) atoms. The van der Waals surface area contributed by atoms with Gasteiger partial charge in [0, 0.05) is 6.42 Å². The number of allylic oxidation sites excluding steroid dienone is 2. The lowest BCUT2D eigenvalue weighted by Gasteiger charge is -2.05. The Morgan fingerprint density at radius 2 is 1.68 bits per heavy atom. The number of hydrogen-bond acceptors (Lipinski definition) is 1. The molecule has 0 aliphatic rings. The van der Waals surface area contributed by atoms with Crippen molar-refractivity contribution in [1.29, 1.82) is 0 Å². The predicted octanol–water partition coefficient (Wildman–Crippen LogP) is 4.70. The summed E-state index contributed by atoms with van der Waals surface area (Å²) in [5, 5.41) is 2.38. The third-order valence-electron chi connectivity index (χ3n) is 3.52. The topological polar surface area (TPSA) is 17.1 Å². The van der Waals surface area contributed by atoms with Crippen molar-refractivity contribution in [3.63, 3.8) is 0 Å². The first-order valence-corrected chi connectivity index (χ1v) is 6.93. The van der Waals surface area contributed by atoms with Crippen LogP contribution in [0.15, 0.2) is 54.1 Å². The second kappa shape index (κ2) is 6.33. The molecule has 1 heteroatoms. The molecule has 0 aliphatic carbocycles. The molecule has 0 bridgehead atoms. The molecule has 0 heterocycles. The molecule has 1 nitrogen and oxygen atoms in total. The van der Waals surface area contributed by atoms with Crippen molar-refractivity contribution in [2.45, 2.75) is 33.1 Å². The van der Waals surface area contributed by atoms with Crippen LogP contribution >= 0.6 is 0 Å². The molecule has 0 N–H and O–H groups in total. The van der Waals surface area contributed by atoms with E-state index in [1.807, 2.05) is 30.3 Å². The molecule has 0 radical (unpaired) electrons. The Balaban J connectivity index is 2.27. The molecule has 2 aromatic rings. The number of benzene rings is 2. The second-order valence-electron chi connectivity index (χ2n) is 4.79. The van der Waals surface area contributed by atoms with Crippen LogP contribution in [0.2, 0.25) is 0 Å². The van der Waals surface area contributed by atoms with E-state index in [0.717, 1.165) is 18.4 Å². The predicted molar refractivity (Wildman–Crippen MR) is 81.3 cm³/mol. The van der Waals surface area contributed by atoms with Gasteiger partial charge in [0.05, 0.1) is 0 Å². The van der Waals surface area contributed by atoms with Gasteiger partial charge in [0.1, 0.15) is 0 Å². The molecule has 2 rings (SSSR count). The molecule has 0 unspecified atom stereocenters. The minimum Gasteiger partial charge on any atom is -0.294 e. The summed E-state index contributed by atoms with van der Waals surface area (Å²) in [6, 6.07) is 14.4. The molecule has 0 saturated heterocycles. The lowest BCUT2D eigenvalue weighted by atomic mass is 9.99. The maximum Gasteiger partial charge on any atom is 0.160 e. The first-order chi connectivity index (χ1) is 9.24. The van der Waals surface area contributed by atoms with Crippen LogP contribution in [0.25, 0.3) is 10.8 Å². The van der Waals surface area contributed by atoms with Crippen LogP contribution in [0.5, 0.6) is 0 Å². The maximum absolute atomic E-state index is 12.1. The summed E-state index contributed by atoms with van der Waals surface area (Å²) in [5.41, 5.74) is 2.34. The lowest BCUT2D eigenvalue weighted by Crippen LogP contribution is -2.01. The summed E-state index contributed by atoms with van der Waals surface area (Å²) in [6.07, 6.45) is 4.22. The zero-order chi connectivity index (χ0) is 13.7.